The predicted octanol–water partition coefficient (Wildman–Crippen LogP) is 5.80. The minimum Gasteiger partial charge on any atom is -0.0928 e. The summed E-state index contributed by atoms with van der Waals surface area (Å²) < 4.78 is 0. The fourth-order valence-electron chi connectivity index (χ4n) is 1.79. The number of halogens is 1. The van der Waals surface area contributed by atoms with Crippen molar-refractivity contribution in [2.75, 3.05) is 5.33 Å². The van der Waals surface area contributed by atoms with Crippen LogP contribution < -0.4 is 0 Å². The van der Waals surface area contributed by atoms with Crippen LogP contribution in [0.4, 0.5) is 0 Å². The summed E-state index contributed by atoms with van der Waals surface area (Å²) >= 11 is 3.55. The topological polar surface area (TPSA) is 0 Å². The van der Waals surface area contributed by atoms with Gasteiger partial charge in [0, 0.05) is 5.33 Å². The molecule has 0 radical (unpaired) electrons. The van der Waals surface area contributed by atoms with Crippen molar-refractivity contribution in [2.45, 2.75) is 53.4 Å². The Hall–Kier alpha value is -0.300. The van der Waals surface area contributed by atoms with Crippen LogP contribution in [0, 0.1) is 5.41 Å². The molecule has 0 aliphatic heterocycles. The van der Waals surface area contributed by atoms with E-state index < -0.39 is 0 Å². The van der Waals surface area contributed by atoms with Gasteiger partial charge in [0.25, 0.3) is 0 Å². The first-order valence-electron chi connectivity index (χ1n) is 6.53. The number of rotatable bonds is 4. The van der Waals surface area contributed by atoms with Gasteiger partial charge in [0.15, 0.2) is 0 Å². The molecule has 0 nitrogen and oxygen atoms in total. The van der Waals surface area contributed by atoms with E-state index in [4.69, 9.17) is 0 Å². The Morgan fingerprint density at radius 3 is 1.82 bits per heavy atom. The molecule has 1 rings (SSSR count). The first-order valence-corrected chi connectivity index (χ1v) is 7.65. The minimum atomic E-state index is 0.210. The molecule has 1 heteroatoms. The molecule has 0 aliphatic carbocycles. The molecule has 0 amide bonds. The van der Waals surface area contributed by atoms with Crippen LogP contribution in [-0.2, 0) is 5.41 Å². The normalized spacial score (nSPS) is 11.7. The van der Waals surface area contributed by atoms with Crippen LogP contribution >= 0.6 is 15.9 Å². The number of hydrogen-bond donors (Lipinski definition) is 0. The predicted molar refractivity (Wildman–Crippen MR) is 83.0 cm³/mol. The van der Waals surface area contributed by atoms with Crippen molar-refractivity contribution in [3.8, 4) is 0 Å². The van der Waals surface area contributed by atoms with E-state index in [2.05, 4.69) is 74.0 Å². The van der Waals surface area contributed by atoms with E-state index in [1.54, 1.807) is 0 Å². The van der Waals surface area contributed by atoms with Crippen LogP contribution in [0.2, 0.25) is 0 Å². The van der Waals surface area contributed by atoms with Crippen molar-refractivity contribution in [1.82, 2.24) is 0 Å². The van der Waals surface area contributed by atoms with Crippen molar-refractivity contribution in [2.24, 2.45) is 5.41 Å². The summed E-state index contributed by atoms with van der Waals surface area (Å²) in [4.78, 5) is 0. The molecule has 1 aromatic carbocycles. The van der Waals surface area contributed by atoms with Crippen LogP contribution in [0.5, 0.6) is 0 Å². The maximum atomic E-state index is 3.55. The van der Waals surface area contributed by atoms with E-state index >= 15 is 0 Å². The molecule has 0 spiro atoms. The van der Waals surface area contributed by atoms with E-state index in [9.17, 15) is 0 Å². The molecule has 98 valence electrons. The SMILES string of the molecule is CC.CC(C)(CCBr)C(C)(C)c1ccccc1. The van der Waals surface area contributed by atoms with E-state index in [1.165, 1.54) is 12.0 Å². The third-order valence-corrected chi connectivity index (χ3v) is 4.30. The maximum absolute atomic E-state index is 3.55. The molecule has 0 aromatic heterocycles. The van der Waals surface area contributed by atoms with E-state index in [1.807, 2.05) is 13.8 Å². The Labute approximate surface area is 116 Å². The van der Waals surface area contributed by atoms with Gasteiger partial charge in [0.05, 0.1) is 0 Å². The highest BCUT2D eigenvalue weighted by molar-refractivity contribution is 9.09. The zero-order chi connectivity index (χ0) is 13.5. The molecule has 0 unspecified atom stereocenters. The molecular weight excluding hydrogens is 272 g/mol. The molecule has 0 N–H and O–H groups in total. The molecule has 0 saturated heterocycles. The molecule has 0 saturated carbocycles. The fraction of sp³-hybridized carbons (Fsp3) is 0.625. The standard InChI is InChI=1S/C14H21Br.C2H6/c1-13(2,10-11-15)14(3,4)12-8-6-5-7-9-12;1-2/h5-9H,10-11H2,1-4H3;1-2H3. The molecule has 0 fully saturated rings. The Balaban J connectivity index is 0.00000121. The highest BCUT2D eigenvalue weighted by Gasteiger charge is 2.37. The number of hydrogen-bond acceptors (Lipinski definition) is 0. The first-order chi connectivity index (χ1) is 7.92. The summed E-state index contributed by atoms with van der Waals surface area (Å²) in [7, 11) is 0. The highest BCUT2D eigenvalue weighted by atomic mass is 79.9. The van der Waals surface area contributed by atoms with Crippen LogP contribution in [0.25, 0.3) is 0 Å². The van der Waals surface area contributed by atoms with Gasteiger partial charge in [0.2, 0.25) is 0 Å². The molecule has 17 heavy (non-hydrogen) atoms. The fourth-order valence-corrected chi connectivity index (χ4v) is 2.79. The van der Waals surface area contributed by atoms with Crippen LogP contribution in [0.1, 0.15) is 53.5 Å². The van der Waals surface area contributed by atoms with E-state index in [0.29, 0.717) is 5.41 Å². The molecular formula is C16H27Br. The Morgan fingerprint density at radius 1 is 0.941 bits per heavy atom. The Bertz CT molecular complexity index is 299. The Morgan fingerprint density at radius 2 is 1.41 bits per heavy atom. The number of benzene rings is 1. The maximum Gasteiger partial charge on any atom is 0.00367 e. The lowest BCUT2D eigenvalue weighted by Crippen LogP contribution is -2.36. The molecule has 0 heterocycles. The summed E-state index contributed by atoms with van der Waals surface area (Å²) in [6.45, 7) is 13.4. The van der Waals surface area contributed by atoms with Gasteiger partial charge in [-0.25, -0.2) is 0 Å². The van der Waals surface area contributed by atoms with Gasteiger partial charge in [-0.3, -0.25) is 0 Å². The lowest BCUT2D eigenvalue weighted by Gasteiger charge is -2.42. The van der Waals surface area contributed by atoms with Crippen LogP contribution in [-0.4, -0.2) is 5.33 Å². The largest absolute Gasteiger partial charge is 0.0928 e. The van der Waals surface area contributed by atoms with E-state index in [0.717, 1.165) is 5.33 Å². The third kappa shape index (κ3) is 4.13. The highest BCUT2D eigenvalue weighted by Crippen LogP contribution is 2.43. The van der Waals surface area contributed by atoms with Gasteiger partial charge in [0.1, 0.15) is 0 Å². The lowest BCUT2D eigenvalue weighted by atomic mass is 9.63. The van der Waals surface area contributed by atoms with Crippen molar-refractivity contribution in [3.63, 3.8) is 0 Å². The smallest absolute Gasteiger partial charge is 0.00367 e. The van der Waals surface area contributed by atoms with Crippen LogP contribution in [0.3, 0.4) is 0 Å². The van der Waals surface area contributed by atoms with Gasteiger partial charge in [-0.05, 0) is 22.8 Å². The molecule has 1 aromatic rings. The second-order valence-corrected chi connectivity index (χ2v) is 6.11. The summed E-state index contributed by atoms with van der Waals surface area (Å²) in [6, 6.07) is 10.8. The quantitative estimate of drug-likeness (QED) is 0.616. The minimum absolute atomic E-state index is 0.210. The van der Waals surface area contributed by atoms with Gasteiger partial charge in [-0.1, -0.05) is 87.8 Å². The zero-order valence-corrected chi connectivity index (χ0v) is 13.8. The van der Waals surface area contributed by atoms with Gasteiger partial charge in [-0.2, -0.15) is 0 Å². The summed E-state index contributed by atoms with van der Waals surface area (Å²) in [6.07, 6.45) is 1.19. The second kappa shape index (κ2) is 7.20. The Kier molecular flexibility index (Phi) is 7.08. The second-order valence-electron chi connectivity index (χ2n) is 5.31. The molecule has 0 atom stereocenters. The third-order valence-electron chi connectivity index (χ3n) is 3.91. The monoisotopic (exact) mass is 298 g/mol. The molecule has 0 aliphatic rings. The van der Waals surface area contributed by atoms with Crippen molar-refractivity contribution >= 4 is 15.9 Å². The summed E-state index contributed by atoms with van der Waals surface area (Å²) in [5.41, 5.74) is 1.94. The molecule has 0 bridgehead atoms. The van der Waals surface area contributed by atoms with Gasteiger partial charge in [-0.15, -0.1) is 0 Å². The van der Waals surface area contributed by atoms with Gasteiger partial charge >= 0.3 is 0 Å². The zero-order valence-electron chi connectivity index (χ0n) is 12.2. The van der Waals surface area contributed by atoms with E-state index in [-0.39, 0.29) is 5.41 Å². The summed E-state index contributed by atoms with van der Waals surface area (Å²) in [5, 5.41) is 1.07. The first kappa shape index (κ1) is 16.7. The average Bonchev–Trinajstić information content (AvgIpc) is 2.32. The summed E-state index contributed by atoms with van der Waals surface area (Å²) in [5.74, 6) is 0. The van der Waals surface area contributed by atoms with Crippen molar-refractivity contribution in [3.05, 3.63) is 35.9 Å². The van der Waals surface area contributed by atoms with Crippen molar-refractivity contribution < 1.29 is 0 Å². The van der Waals surface area contributed by atoms with Gasteiger partial charge < -0.3 is 0 Å². The lowest BCUT2D eigenvalue weighted by molar-refractivity contribution is 0.191. The average molecular weight is 299 g/mol. The number of alkyl halides is 1. The van der Waals surface area contributed by atoms with Crippen LogP contribution in [0.15, 0.2) is 30.3 Å². The van der Waals surface area contributed by atoms with Crippen molar-refractivity contribution in [1.29, 1.82) is 0 Å².